The smallest absolute Gasteiger partial charge is 0.330 e. The van der Waals surface area contributed by atoms with Crippen molar-refractivity contribution in [3.05, 3.63) is 12.2 Å². The number of hydrogen-bond donors (Lipinski definition) is 1. The lowest BCUT2D eigenvalue weighted by Gasteiger charge is -2.19. The van der Waals surface area contributed by atoms with E-state index in [4.69, 9.17) is 4.74 Å². The van der Waals surface area contributed by atoms with Crippen molar-refractivity contribution in [3.8, 4) is 0 Å². The highest BCUT2D eigenvalue weighted by Crippen LogP contribution is 2.21. The van der Waals surface area contributed by atoms with Gasteiger partial charge in [0.05, 0.1) is 13.5 Å². The number of hydrogen-bond acceptors (Lipinski definition) is 7. The van der Waals surface area contributed by atoms with Gasteiger partial charge < -0.3 is 14.8 Å². The normalized spacial score (nSPS) is 11.3. The fraction of sp³-hybridized carbons (Fsp3) is 0.643. The van der Waals surface area contributed by atoms with Crippen molar-refractivity contribution in [1.82, 2.24) is 5.32 Å². The quantitative estimate of drug-likeness (QED) is 0.295. The van der Waals surface area contributed by atoms with Crippen molar-refractivity contribution >= 4 is 39.4 Å². The Hall–Kier alpha value is -1.15. The van der Waals surface area contributed by atoms with Crippen molar-refractivity contribution in [1.29, 1.82) is 0 Å². The van der Waals surface area contributed by atoms with E-state index in [1.165, 1.54) is 7.11 Å². The number of nitrogens with one attached hydrogen (secondary N) is 1. The molecule has 0 bridgehead atoms. The minimum Gasteiger partial charge on any atom is -0.466 e. The molecule has 0 aliphatic rings. The first kappa shape index (κ1) is 20.9. The van der Waals surface area contributed by atoms with Gasteiger partial charge in [-0.25, -0.2) is 4.79 Å². The van der Waals surface area contributed by atoms with Crippen molar-refractivity contribution in [2.75, 3.05) is 25.2 Å². The molecule has 0 rings (SSSR count). The van der Waals surface area contributed by atoms with Gasteiger partial charge in [0.1, 0.15) is 5.60 Å². The summed E-state index contributed by atoms with van der Waals surface area (Å²) >= 11 is 0. The topological polar surface area (TPSA) is 81.7 Å². The highest BCUT2D eigenvalue weighted by atomic mass is 33.1. The Labute approximate surface area is 139 Å². The molecule has 1 N–H and O–H groups in total. The summed E-state index contributed by atoms with van der Waals surface area (Å²) in [6, 6.07) is 0. The second-order valence-corrected chi connectivity index (χ2v) is 7.83. The van der Waals surface area contributed by atoms with Gasteiger partial charge in [-0.05, 0) is 20.8 Å². The summed E-state index contributed by atoms with van der Waals surface area (Å²) < 4.78 is 9.56. The molecule has 6 nitrogen and oxygen atoms in total. The monoisotopic (exact) mass is 349 g/mol. The van der Waals surface area contributed by atoms with Crippen LogP contribution in [0.5, 0.6) is 0 Å². The van der Waals surface area contributed by atoms with Crippen molar-refractivity contribution in [2.24, 2.45) is 0 Å². The van der Waals surface area contributed by atoms with Gasteiger partial charge in [-0.1, -0.05) is 21.6 Å². The van der Waals surface area contributed by atoms with Crippen LogP contribution in [0.1, 0.15) is 27.2 Å². The van der Waals surface area contributed by atoms with Crippen LogP contribution in [0.25, 0.3) is 0 Å². The zero-order valence-corrected chi connectivity index (χ0v) is 15.0. The fourth-order valence-electron chi connectivity index (χ4n) is 1.12. The predicted octanol–water partition coefficient (Wildman–Crippen LogP) is 1.94. The molecule has 0 radical (unpaired) electrons. The summed E-state index contributed by atoms with van der Waals surface area (Å²) in [7, 11) is 4.36. The molecule has 0 spiro atoms. The standard InChI is InChI=1S/C14H23NO5S2/c1-14(2,3)20-13(18)7-9-21-22-10-8-15-11(16)5-6-12(17)19-4/h5-6H,7-10H2,1-4H3,(H,15,16). The van der Waals surface area contributed by atoms with Crippen LogP contribution >= 0.6 is 21.6 Å². The molecule has 0 aliphatic carbocycles. The SMILES string of the molecule is COC(=O)C=CC(=O)NCCSSCCC(=O)OC(C)(C)C. The maximum absolute atomic E-state index is 11.4. The number of esters is 2. The number of amides is 1. The maximum atomic E-state index is 11.4. The van der Waals surface area contributed by atoms with E-state index in [9.17, 15) is 14.4 Å². The van der Waals surface area contributed by atoms with Gasteiger partial charge in [-0.15, -0.1) is 0 Å². The number of carbonyl (C=O) groups is 3. The molecular weight excluding hydrogens is 326 g/mol. The zero-order chi connectivity index (χ0) is 17.0. The number of ether oxygens (including phenoxy) is 2. The van der Waals surface area contributed by atoms with Crippen molar-refractivity contribution in [2.45, 2.75) is 32.8 Å². The molecule has 8 heteroatoms. The van der Waals surface area contributed by atoms with Gasteiger partial charge >= 0.3 is 11.9 Å². The Balaban J connectivity index is 3.55. The minimum atomic E-state index is -0.567. The van der Waals surface area contributed by atoms with Crippen LogP contribution in [0.2, 0.25) is 0 Å². The molecule has 0 atom stereocenters. The lowest BCUT2D eigenvalue weighted by Crippen LogP contribution is -2.24. The largest absolute Gasteiger partial charge is 0.466 e. The molecule has 0 aromatic rings. The summed E-state index contributed by atoms with van der Waals surface area (Å²) in [5.74, 6) is 0.251. The van der Waals surface area contributed by atoms with Crippen LogP contribution in [-0.2, 0) is 23.9 Å². The number of carbonyl (C=O) groups excluding carboxylic acids is 3. The molecule has 0 unspecified atom stereocenters. The second-order valence-electron chi connectivity index (χ2n) is 5.13. The lowest BCUT2D eigenvalue weighted by molar-refractivity contribution is -0.154. The Morgan fingerprint density at radius 2 is 1.73 bits per heavy atom. The first-order valence-electron chi connectivity index (χ1n) is 6.74. The molecule has 0 saturated heterocycles. The minimum absolute atomic E-state index is 0.207. The molecule has 0 aromatic carbocycles. The zero-order valence-electron chi connectivity index (χ0n) is 13.3. The van der Waals surface area contributed by atoms with E-state index in [0.29, 0.717) is 24.5 Å². The van der Waals surface area contributed by atoms with E-state index >= 15 is 0 Å². The predicted molar refractivity (Wildman–Crippen MR) is 89.5 cm³/mol. The van der Waals surface area contributed by atoms with Crippen LogP contribution in [-0.4, -0.2) is 48.6 Å². The molecule has 0 fully saturated rings. The maximum Gasteiger partial charge on any atom is 0.330 e. The Kier molecular flexibility index (Phi) is 10.8. The molecule has 0 aromatic heterocycles. The van der Waals surface area contributed by atoms with E-state index in [-0.39, 0.29) is 11.9 Å². The number of methoxy groups -OCH3 is 1. The molecule has 126 valence electrons. The first-order valence-corrected chi connectivity index (χ1v) is 9.23. The van der Waals surface area contributed by atoms with E-state index in [2.05, 4.69) is 10.1 Å². The highest BCUT2D eigenvalue weighted by Gasteiger charge is 2.15. The molecule has 1 amide bonds. The van der Waals surface area contributed by atoms with Crippen molar-refractivity contribution < 1.29 is 23.9 Å². The van der Waals surface area contributed by atoms with E-state index in [1.54, 1.807) is 21.6 Å². The van der Waals surface area contributed by atoms with Gasteiger partial charge in [0.2, 0.25) is 5.91 Å². The van der Waals surface area contributed by atoms with Crippen LogP contribution in [0.4, 0.5) is 0 Å². The van der Waals surface area contributed by atoms with Gasteiger partial charge in [0.15, 0.2) is 0 Å². The molecular formula is C14H23NO5S2. The summed E-state index contributed by atoms with van der Waals surface area (Å²) in [4.78, 5) is 33.5. The Morgan fingerprint density at radius 1 is 1.09 bits per heavy atom. The van der Waals surface area contributed by atoms with Crippen LogP contribution in [0.3, 0.4) is 0 Å². The van der Waals surface area contributed by atoms with Gasteiger partial charge in [-0.3, -0.25) is 9.59 Å². The summed E-state index contributed by atoms with van der Waals surface area (Å²) in [5, 5.41) is 2.63. The average molecular weight is 349 g/mol. The lowest BCUT2D eigenvalue weighted by atomic mass is 10.2. The van der Waals surface area contributed by atoms with Crippen LogP contribution < -0.4 is 5.32 Å². The summed E-state index contributed by atoms with van der Waals surface area (Å²) in [6.45, 7) is 5.99. The molecule has 22 heavy (non-hydrogen) atoms. The average Bonchev–Trinajstić information content (AvgIpc) is 2.41. The van der Waals surface area contributed by atoms with Gasteiger partial charge in [-0.2, -0.15) is 0 Å². The third-order valence-corrected chi connectivity index (χ3v) is 4.36. The molecule has 0 saturated carbocycles. The van der Waals surface area contributed by atoms with E-state index in [1.807, 2.05) is 20.8 Å². The van der Waals surface area contributed by atoms with Crippen LogP contribution in [0.15, 0.2) is 12.2 Å². The van der Waals surface area contributed by atoms with Crippen molar-refractivity contribution in [3.63, 3.8) is 0 Å². The van der Waals surface area contributed by atoms with Crippen LogP contribution in [0, 0.1) is 0 Å². The van der Waals surface area contributed by atoms with E-state index < -0.39 is 11.6 Å². The third kappa shape index (κ3) is 13.8. The molecule has 0 heterocycles. The first-order chi connectivity index (χ1) is 10.2. The second kappa shape index (κ2) is 11.4. The summed E-state index contributed by atoms with van der Waals surface area (Å²) in [6.07, 6.45) is 2.56. The third-order valence-electron chi connectivity index (χ3n) is 1.95. The molecule has 0 aliphatic heterocycles. The van der Waals surface area contributed by atoms with E-state index in [0.717, 1.165) is 12.2 Å². The highest BCUT2D eigenvalue weighted by molar-refractivity contribution is 8.76. The van der Waals surface area contributed by atoms with Gasteiger partial charge in [0.25, 0.3) is 0 Å². The Bertz CT molecular complexity index is 405. The summed E-state index contributed by atoms with van der Waals surface area (Å²) in [5.41, 5.74) is -0.448. The fourth-order valence-corrected chi connectivity index (χ4v) is 3.00. The Morgan fingerprint density at radius 3 is 2.32 bits per heavy atom. The number of rotatable bonds is 9. The van der Waals surface area contributed by atoms with Gasteiger partial charge in [0, 0.05) is 30.2 Å².